The zero-order chi connectivity index (χ0) is 25.8. The average Bonchev–Trinajstić information content (AvgIpc) is 3.37. The molecule has 36 heavy (non-hydrogen) atoms. The van der Waals surface area contributed by atoms with Crippen molar-refractivity contribution in [2.45, 2.75) is 34.3 Å². The molecule has 3 heterocycles. The number of hydrogen-bond donors (Lipinski definition) is 4. The van der Waals surface area contributed by atoms with Crippen LogP contribution in [0.2, 0.25) is 0 Å². The van der Waals surface area contributed by atoms with Crippen LogP contribution < -0.4 is 5.32 Å². The Labute approximate surface area is 210 Å². The van der Waals surface area contributed by atoms with Crippen LogP contribution in [-0.4, -0.2) is 81.9 Å². The summed E-state index contributed by atoms with van der Waals surface area (Å²) >= 11 is 2.09. The summed E-state index contributed by atoms with van der Waals surface area (Å²) in [5.41, 5.74) is 9.20. The molecular weight excluding hydrogens is 514 g/mol. The second-order valence-corrected chi connectivity index (χ2v) is 9.77. The summed E-state index contributed by atoms with van der Waals surface area (Å²) in [5, 5.41) is 37.1. The van der Waals surface area contributed by atoms with Gasteiger partial charge in [-0.2, -0.15) is 5.21 Å². The van der Waals surface area contributed by atoms with Gasteiger partial charge in [0.1, 0.15) is 23.2 Å². The van der Waals surface area contributed by atoms with Crippen molar-refractivity contribution in [3.63, 3.8) is 0 Å². The minimum atomic E-state index is -1.41. The number of tetrazole rings is 1. The molecule has 0 radical (unpaired) electrons. The number of nitrogens with one attached hydrogen (secondary N) is 2. The molecule has 15 nitrogen and oxygen atoms in total. The fourth-order valence-corrected chi connectivity index (χ4v) is 6.33. The maximum absolute atomic E-state index is 13.0. The van der Waals surface area contributed by atoms with Crippen molar-refractivity contribution in [2.24, 2.45) is 5.11 Å². The molecular formula is C19H17N9O6S2. The van der Waals surface area contributed by atoms with Crippen LogP contribution in [0.3, 0.4) is 0 Å². The summed E-state index contributed by atoms with van der Waals surface area (Å²) in [5.74, 6) is -3.88. The van der Waals surface area contributed by atoms with Gasteiger partial charge in [0.25, 0.3) is 5.91 Å². The Morgan fingerprint density at radius 1 is 1.33 bits per heavy atom. The number of benzene rings is 1. The number of carbonyl (C=O) groups is 4. The summed E-state index contributed by atoms with van der Waals surface area (Å²) < 4.78 is 0. The van der Waals surface area contributed by atoms with E-state index in [0.29, 0.717) is 5.56 Å². The van der Waals surface area contributed by atoms with Gasteiger partial charge in [-0.25, -0.2) is 4.79 Å². The summed E-state index contributed by atoms with van der Waals surface area (Å²) in [6.45, 7) is 0. The maximum atomic E-state index is 13.0. The van der Waals surface area contributed by atoms with Crippen molar-refractivity contribution in [1.29, 1.82) is 0 Å². The molecule has 3 unspecified atom stereocenters. The van der Waals surface area contributed by atoms with Crippen molar-refractivity contribution in [2.75, 3.05) is 5.75 Å². The van der Waals surface area contributed by atoms with Gasteiger partial charge in [-0.1, -0.05) is 47.2 Å². The van der Waals surface area contributed by atoms with Gasteiger partial charge in [0.05, 0.1) is 6.42 Å². The van der Waals surface area contributed by atoms with Gasteiger partial charge < -0.3 is 15.5 Å². The quantitative estimate of drug-likeness (QED) is 0.111. The number of rotatable bonds is 10. The molecule has 2 aliphatic heterocycles. The van der Waals surface area contributed by atoms with E-state index in [4.69, 9.17) is 5.53 Å². The lowest BCUT2D eigenvalue weighted by Gasteiger charge is -2.50. The van der Waals surface area contributed by atoms with Crippen molar-refractivity contribution >= 4 is 47.3 Å². The van der Waals surface area contributed by atoms with Crippen molar-refractivity contribution in [1.82, 2.24) is 30.8 Å². The van der Waals surface area contributed by atoms with Crippen LogP contribution in [0.15, 0.2) is 51.9 Å². The molecule has 1 fully saturated rings. The molecule has 1 aromatic heterocycles. The summed E-state index contributed by atoms with van der Waals surface area (Å²) in [6.07, 6.45) is -0.441. The Morgan fingerprint density at radius 2 is 2.08 bits per heavy atom. The van der Waals surface area contributed by atoms with Crippen molar-refractivity contribution in [3.05, 3.63) is 57.6 Å². The summed E-state index contributed by atoms with van der Waals surface area (Å²) in [7, 11) is 0. The fourth-order valence-electron chi connectivity index (χ4n) is 3.80. The van der Waals surface area contributed by atoms with E-state index in [1.165, 1.54) is 11.8 Å². The van der Waals surface area contributed by atoms with Crippen LogP contribution in [0.25, 0.3) is 10.4 Å². The van der Waals surface area contributed by atoms with E-state index in [1.807, 2.05) is 0 Å². The number of nitrogens with zero attached hydrogens (tertiary/aromatic N) is 7. The second kappa shape index (κ2) is 10.7. The highest BCUT2D eigenvalue weighted by Crippen LogP contribution is 2.44. The van der Waals surface area contributed by atoms with Crippen LogP contribution in [0.4, 0.5) is 0 Å². The first-order chi connectivity index (χ1) is 17.3. The number of carboxylic acid groups (broad SMARTS) is 2. The number of hydrogen-bond acceptors (Lipinski definition) is 10. The molecule has 4 N–H and O–H groups in total. The number of amides is 2. The van der Waals surface area contributed by atoms with Crippen LogP contribution in [0.5, 0.6) is 0 Å². The van der Waals surface area contributed by atoms with Gasteiger partial charge in [0.15, 0.2) is 0 Å². The largest absolute Gasteiger partial charge is 0.481 e. The third kappa shape index (κ3) is 4.98. The van der Waals surface area contributed by atoms with Gasteiger partial charge in [-0.15, -0.1) is 22.0 Å². The first kappa shape index (κ1) is 25.0. The summed E-state index contributed by atoms with van der Waals surface area (Å²) in [6, 6.07) is 5.99. The predicted octanol–water partition coefficient (Wildman–Crippen LogP) is 0.925. The third-order valence-electron chi connectivity index (χ3n) is 5.35. The van der Waals surface area contributed by atoms with Crippen molar-refractivity contribution in [3.8, 4) is 0 Å². The molecule has 2 aromatic rings. The molecule has 1 aromatic carbocycles. The highest BCUT2D eigenvalue weighted by Gasteiger charge is 2.55. The standard InChI is InChI=1S/C19H17N9O6S2/c20-25-22-12(8-4-2-1-3-5-8)15(31)21-13-16(32)28-14(18(33)34)9(7-35-17(13)28)10(6-11(29)30)36-19-23-26-27-24-19/h1-5,10,12-13,17H,6-7H2,(H,21,31)(H,29,30)(H,33,34)(H,23,24,26,27)/t10?,12?,13?,17-/m0/s1. The molecule has 0 bridgehead atoms. The highest BCUT2D eigenvalue weighted by atomic mass is 32.2. The topological polar surface area (TPSA) is 227 Å². The average molecular weight is 532 g/mol. The van der Waals surface area contributed by atoms with Crippen LogP contribution in [0, 0.1) is 0 Å². The number of thioether (sulfide) groups is 2. The molecule has 0 aliphatic carbocycles. The van der Waals surface area contributed by atoms with Gasteiger partial charge in [-0.3, -0.25) is 19.3 Å². The van der Waals surface area contributed by atoms with E-state index < -0.39 is 52.9 Å². The van der Waals surface area contributed by atoms with Gasteiger partial charge in [-0.05, 0) is 21.9 Å². The zero-order valence-electron chi connectivity index (χ0n) is 18.1. The van der Waals surface area contributed by atoms with Gasteiger partial charge >= 0.3 is 11.9 Å². The van der Waals surface area contributed by atoms with E-state index in [0.717, 1.165) is 16.7 Å². The molecule has 0 spiro atoms. The lowest BCUT2D eigenvalue weighted by Crippen LogP contribution is -2.71. The Morgan fingerprint density at radius 3 is 2.69 bits per heavy atom. The fraction of sp³-hybridized carbons (Fsp3) is 0.316. The smallest absolute Gasteiger partial charge is 0.352 e. The van der Waals surface area contributed by atoms with Crippen LogP contribution >= 0.6 is 23.5 Å². The normalized spacial score (nSPS) is 20.4. The van der Waals surface area contributed by atoms with Crippen LogP contribution in [0.1, 0.15) is 18.0 Å². The molecule has 0 saturated carbocycles. The lowest BCUT2D eigenvalue weighted by molar-refractivity contribution is -0.150. The Kier molecular flexibility index (Phi) is 7.42. The molecule has 17 heteroatoms. The number of H-pyrrole nitrogens is 1. The van der Waals surface area contributed by atoms with E-state index in [2.05, 4.69) is 36.0 Å². The number of carboxylic acids is 2. The predicted molar refractivity (Wildman–Crippen MR) is 124 cm³/mol. The minimum Gasteiger partial charge on any atom is -0.481 e. The maximum Gasteiger partial charge on any atom is 0.352 e. The first-order valence-electron chi connectivity index (χ1n) is 10.2. The second-order valence-electron chi connectivity index (χ2n) is 7.49. The Hall–Kier alpha value is -4.08. The number of aliphatic carboxylic acids is 2. The zero-order valence-corrected chi connectivity index (χ0v) is 19.7. The molecule has 4 atom stereocenters. The molecule has 1 saturated heterocycles. The molecule has 4 rings (SSSR count). The van der Waals surface area contributed by atoms with Crippen molar-refractivity contribution < 1.29 is 29.4 Å². The first-order valence-corrected chi connectivity index (χ1v) is 12.2. The number of carbonyl (C=O) groups excluding carboxylic acids is 2. The van der Waals surface area contributed by atoms with Gasteiger partial charge in [0, 0.05) is 15.9 Å². The molecule has 2 aliphatic rings. The van der Waals surface area contributed by atoms with E-state index in [1.54, 1.807) is 30.3 Å². The number of azide groups is 1. The summed E-state index contributed by atoms with van der Waals surface area (Å²) in [4.78, 5) is 53.3. The molecule has 2 amide bonds. The van der Waals surface area contributed by atoms with E-state index >= 15 is 0 Å². The van der Waals surface area contributed by atoms with E-state index in [9.17, 15) is 29.4 Å². The number of aromatic nitrogens is 4. The number of fused-ring (bicyclic) bond motifs is 1. The van der Waals surface area contributed by atoms with E-state index in [-0.39, 0.29) is 22.2 Å². The Bertz CT molecular complexity index is 1270. The van der Waals surface area contributed by atoms with Gasteiger partial charge in [0.2, 0.25) is 11.1 Å². The molecule has 186 valence electrons. The third-order valence-corrected chi connectivity index (χ3v) is 7.77. The SMILES string of the molecule is [N-]=[N+]=NC(C(=O)NC1C(=O)N2C(C(=O)O)=C(C(CC(=O)O)Sc3nn[nH]n3)CS[C@@H]12)c1ccccc1. The lowest BCUT2D eigenvalue weighted by atomic mass is 9.99. The Balaban J connectivity index is 1.58. The number of aromatic amines is 1. The van der Waals surface area contributed by atoms with Crippen LogP contribution in [-0.2, 0) is 19.2 Å². The number of β-lactam (4-membered cyclic amide) rings is 1. The highest BCUT2D eigenvalue weighted by molar-refractivity contribution is 8.01. The monoisotopic (exact) mass is 531 g/mol. The minimum absolute atomic E-state index is 0.0870.